The molecule has 1 aliphatic rings. The van der Waals surface area contributed by atoms with Crippen LogP contribution in [0.15, 0.2) is 66.7 Å². The minimum absolute atomic E-state index is 0.0221. The van der Waals surface area contributed by atoms with Crippen molar-refractivity contribution >= 4 is 16.7 Å². The number of benzene rings is 3. The Labute approximate surface area is 203 Å². The van der Waals surface area contributed by atoms with E-state index in [0.29, 0.717) is 19.8 Å². The van der Waals surface area contributed by atoms with Gasteiger partial charge in [-0.2, -0.15) is 0 Å². The predicted molar refractivity (Wildman–Crippen MR) is 137 cm³/mol. The van der Waals surface area contributed by atoms with Crippen LogP contribution >= 0.6 is 0 Å². The van der Waals surface area contributed by atoms with Crippen LogP contribution in [0.3, 0.4) is 0 Å². The highest BCUT2D eigenvalue weighted by atomic mass is 16.5. The Balaban J connectivity index is 1.20. The SMILES string of the molecule is CN(Cc1ccc(OCCNC(=O)C2CCOC(C)(C)C2)cc1)Cc1cccc2ccccc12. The zero-order valence-corrected chi connectivity index (χ0v) is 20.5. The van der Waals surface area contributed by atoms with Gasteiger partial charge in [0.2, 0.25) is 5.91 Å². The van der Waals surface area contributed by atoms with Gasteiger partial charge in [-0.15, -0.1) is 0 Å². The quantitative estimate of drug-likeness (QED) is 0.448. The molecule has 5 heteroatoms. The molecule has 1 atom stereocenters. The summed E-state index contributed by atoms with van der Waals surface area (Å²) in [7, 11) is 2.15. The van der Waals surface area contributed by atoms with E-state index in [4.69, 9.17) is 9.47 Å². The molecule has 0 aliphatic carbocycles. The van der Waals surface area contributed by atoms with Crippen molar-refractivity contribution in [1.82, 2.24) is 10.2 Å². The van der Waals surface area contributed by atoms with Crippen LogP contribution in [0, 0.1) is 5.92 Å². The number of amides is 1. The first-order valence-corrected chi connectivity index (χ1v) is 12.2. The fourth-order valence-corrected chi connectivity index (χ4v) is 4.72. The molecule has 1 fully saturated rings. The largest absolute Gasteiger partial charge is 0.492 e. The van der Waals surface area contributed by atoms with Crippen molar-refractivity contribution in [1.29, 1.82) is 0 Å². The number of carbonyl (C=O) groups is 1. The molecule has 0 spiro atoms. The van der Waals surface area contributed by atoms with E-state index in [1.54, 1.807) is 0 Å². The third kappa shape index (κ3) is 6.58. The van der Waals surface area contributed by atoms with Crippen LogP contribution < -0.4 is 10.1 Å². The number of hydrogen-bond donors (Lipinski definition) is 1. The first kappa shape index (κ1) is 24.2. The summed E-state index contributed by atoms with van der Waals surface area (Å²) in [6.45, 7) is 7.45. The molecule has 5 nitrogen and oxygen atoms in total. The fourth-order valence-electron chi connectivity index (χ4n) is 4.72. The summed E-state index contributed by atoms with van der Waals surface area (Å²) in [6, 6.07) is 23.3. The lowest BCUT2D eigenvalue weighted by atomic mass is 9.88. The van der Waals surface area contributed by atoms with Crippen LogP contribution in [-0.2, 0) is 22.6 Å². The number of hydrogen-bond acceptors (Lipinski definition) is 4. The van der Waals surface area contributed by atoms with Crippen LogP contribution in [0.2, 0.25) is 0 Å². The minimum atomic E-state index is -0.221. The Hall–Kier alpha value is -2.89. The average molecular weight is 461 g/mol. The number of nitrogens with zero attached hydrogens (tertiary/aromatic N) is 1. The normalized spacial score (nSPS) is 17.6. The molecule has 1 amide bonds. The van der Waals surface area contributed by atoms with E-state index in [2.05, 4.69) is 71.9 Å². The van der Waals surface area contributed by atoms with Gasteiger partial charge in [-0.25, -0.2) is 0 Å². The molecule has 1 heterocycles. The third-order valence-corrected chi connectivity index (χ3v) is 6.43. The summed E-state index contributed by atoms with van der Waals surface area (Å²) in [5.41, 5.74) is 2.36. The lowest BCUT2D eigenvalue weighted by Crippen LogP contribution is -2.42. The molecule has 0 bridgehead atoms. The standard InChI is InChI=1S/C29H36N2O3/c1-29(2)19-24(15-17-34-29)28(32)30-16-18-33-26-13-11-22(12-14-26)20-31(3)21-25-9-6-8-23-7-4-5-10-27(23)25/h4-14,24H,15-21H2,1-3H3,(H,30,32). The number of ether oxygens (including phenoxy) is 2. The molecule has 4 rings (SSSR count). The van der Waals surface area contributed by atoms with Gasteiger partial charge >= 0.3 is 0 Å². The summed E-state index contributed by atoms with van der Waals surface area (Å²) in [5.74, 6) is 0.945. The molecule has 1 N–H and O–H groups in total. The summed E-state index contributed by atoms with van der Waals surface area (Å²) in [5, 5.41) is 5.60. The molecule has 1 aliphatic heterocycles. The van der Waals surface area contributed by atoms with E-state index in [0.717, 1.165) is 31.7 Å². The monoisotopic (exact) mass is 460 g/mol. The van der Waals surface area contributed by atoms with Crippen molar-refractivity contribution in [2.45, 2.75) is 45.4 Å². The smallest absolute Gasteiger partial charge is 0.223 e. The zero-order valence-electron chi connectivity index (χ0n) is 20.5. The van der Waals surface area contributed by atoms with Crippen LogP contribution in [0.5, 0.6) is 5.75 Å². The molecule has 3 aromatic rings. The Morgan fingerprint density at radius 3 is 2.62 bits per heavy atom. The highest BCUT2D eigenvalue weighted by molar-refractivity contribution is 5.85. The van der Waals surface area contributed by atoms with Gasteiger partial charge in [0, 0.05) is 25.6 Å². The van der Waals surface area contributed by atoms with Gasteiger partial charge in [0.25, 0.3) is 0 Å². The molecule has 0 saturated carbocycles. The van der Waals surface area contributed by atoms with Gasteiger partial charge in [-0.1, -0.05) is 54.6 Å². The molecule has 34 heavy (non-hydrogen) atoms. The van der Waals surface area contributed by atoms with Gasteiger partial charge in [0.15, 0.2) is 0 Å². The third-order valence-electron chi connectivity index (χ3n) is 6.43. The lowest BCUT2D eigenvalue weighted by Gasteiger charge is -2.34. The van der Waals surface area contributed by atoms with Gasteiger partial charge in [-0.05, 0) is 67.8 Å². The molecule has 1 saturated heterocycles. The van der Waals surface area contributed by atoms with E-state index < -0.39 is 0 Å². The van der Waals surface area contributed by atoms with Crippen molar-refractivity contribution < 1.29 is 14.3 Å². The highest BCUT2D eigenvalue weighted by Gasteiger charge is 2.32. The Kier molecular flexibility index (Phi) is 7.86. The van der Waals surface area contributed by atoms with Gasteiger partial charge < -0.3 is 14.8 Å². The van der Waals surface area contributed by atoms with Crippen LogP contribution in [0.25, 0.3) is 10.8 Å². The molecular formula is C29H36N2O3. The second-order valence-electron chi connectivity index (χ2n) is 9.89. The van der Waals surface area contributed by atoms with Crippen molar-refractivity contribution in [3.05, 3.63) is 77.9 Å². The second-order valence-corrected chi connectivity index (χ2v) is 9.89. The fraction of sp³-hybridized carbons (Fsp3) is 0.414. The Morgan fingerprint density at radius 1 is 1.06 bits per heavy atom. The van der Waals surface area contributed by atoms with E-state index in [1.807, 2.05) is 26.0 Å². The summed E-state index contributed by atoms with van der Waals surface area (Å²) >= 11 is 0. The second kappa shape index (κ2) is 11.0. The van der Waals surface area contributed by atoms with Crippen molar-refractivity contribution in [3.8, 4) is 5.75 Å². The molecular weight excluding hydrogens is 424 g/mol. The van der Waals surface area contributed by atoms with Crippen molar-refractivity contribution in [3.63, 3.8) is 0 Å². The van der Waals surface area contributed by atoms with Crippen molar-refractivity contribution in [2.24, 2.45) is 5.92 Å². The first-order valence-electron chi connectivity index (χ1n) is 12.2. The van der Waals surface area contributed by atoms with E-state index in [-0.39, 0.29) is 17.4 Å². The molecule has 180 valence electrons. The molecule has 0 aromatic heterocycles. The van der Waals surface area contributed by atoms with Gasteiger partial charge in [0.1, 0.15) is 12.4 Å². The Morgan fingerprint density at radius 2 is 1.82 bits per heavy atom. The van der Waals surface area contributed by atoms with Gasteiger partial charge in [0.05, 0.1) is 12.1 Å². The Bertz CT molecular complexity index is 1090. The van der Waals surface area contributed by atoms with Crippen molar-refractivity contribution in [2.75, 3.05) is 26.8 Å². The maximum Gasteiger partial charge on any atom is 0.223 e. The number of rotatable bonds is 9. The van der Waals surface area contributed by atoms with Crippen LogP contribution in [0.1, 0.15) is 37.8 Å². The van der Waals surface area contributed by atoms with Crippen LogP contribution in [-0.4, -0.2) is 43.2 Å². The summed E-state index contributed by atoms with van der Waals surface area (Å²) in [4.78, 5) is 14.7. The van der Waals surface area contributed by atoms with E-state index in [1.165, 1.54) is 21.9 Å². The van der Waals surface area contributed by atoms with Crippen LogP contribution in [0.4, 0.5) is 0 Å². The number of fused-ring (bicyclic) bond motifs is 1. The summed E-state index contributed by atoms with van der Waals surface area (Å²) < 4.78 is 11.5. The number of nitrogens with one attached hydrogen (secondary N) is 1. The van der Waals surface area contributed by atoms with E-state index >= 15 is 0 Å². The molecule has 0 radical (unpaired) electrons. The maximum atomic E-state index is 12.4. The topological polar surface area (TPSA) is 50.8 Å². The minimum Gasteiger partial charge on any atom is -0.492 e. The lowest BCUT2D eigenvalue weighted by molar-refractivity contribution is -0.135. The zero-order chi connectivity index (χ0) is 24.0. The molecule has 3 aromatic carbocycles. The predicted octanol–water partition coefficient (Wildman–Crippen LogP) is 5.17. The number of carbonyl (C=O) groups excluding carboxylic acids is 1. The average Bonchev–Trinajstić information content (AvgIpc) is 2.82. The summed E-state index contributed by atoms with van der Waals surface area (Å²) in [6.07, 6.45) is 1.54. The van der Waals surface area contributed by atoms with E-state index in [9.17, 15) is 4.79 Å². The van der Waals surface area contributed by atoms with Gasteiger partial charge in [-0.3, -0.25) is 9.69 Å². The maximum absolute atomic E-state index is 12.4. The first-order chi connectivity index (χ1) is 16.4. The molecule has 1 unspecified atom stereocenters. The highest BCUT2D eigenvalue weighted by Crippen LogP contribution is 2.28.